The van der Waals surface area contributed by atoms with Crippen molar-refractivity contribution in [1.82, 2.24) is 15.1 Å². The van der Waals surface area contributed by atoms with Gasteiger partial charge >= 0.3 is 0 Å². The van der Waals surface area contributed by atoms with Gasteiger partial charge in [0.05, 0.1) is 0 Å². The van der Waals surface area contributed by atoms with Crippen LogP contribution in [0.4, 0.5) is 4.39 Å². The number of benzene rings is 1. The Morgan fingerprint density at radius 1 is 1.16 bits per heavy atom. The van der Waals surface area contributed by atoms with Crippen LogP contribution in [0, 0.1) is 5.82 Å². The van der Waals surface area contributed by atoms with Gasteiger partial charge in [-0.3, -0.25) is 4.98 Å². The second-order valence-electron chi connectivity index (χ2n) is 3.80. The molecule has 0 aliphatic rings. The van der Waals surface area contributed by atoms with E-state index in [0.717, 1.165) is 0 Å². The number of aromatic nitrogens is 3. The van der Waals surface area contributed by atoms with Gasteiger partial charge in [0.1, 0.15) is 17.1 Å². The highest BCUT2D eigenvalue weighted by molar-refractivity contribution is 5.65. The van der Waals surface area contributed by atoms with E-state index in [9.17, 15) is 9.50 Å². The fraction of sp³-hybridized carbons (Fsp3) is 0. The topological polar surface area (TPSA) is 72.0 Å². The quantitative estimate of drug-likeness (QED) is 0.764. The molecule has 0 radical (unpaired) electrons. The van der Waals surface area contributed by atoms with Crippen LogP contribution in [0.3, 0.4) is 0 Å². The number of pyridine rings is 1. The maximum Gasteiger partial charge on any atom is 0.265 e. The Bertz CT molecular complexity index is 693. The smallest absolute Gasteiger partial charge is 0.265 e. The molecule has 0 unspecified atom stereocenters. The van der Waals surface area contributed by atoms with E-state index in [4.69, 9.17) is 4.52 Å². The van der Waals surface area contributed by atoms with Crippen LogP contribution >= 0.6 is 0 Å². The minimum Gasteiger partial charge on any atom is -0.507 e. The van der Waals surface area contributed by atoms with E-state index in [1.54, 1.807) is 24.5 Å². The van der Waals surface area contributed by atoms with Crippen molar-refractivity contribution in [2.45, 2.75) is 0 Å². The summed E-state index contributed by atoms with van der Waals surface area (Å²) in [7, 11) is 0. The van der Waals surface area contributed by atoms with Gasteiger partial charge in [0, 0.05) is 18.0 Å². The second-order valence-corrected chi connectivity index (χ2v) is 3.80. The van der Waals surface area contributed by atoms with Gasteiger partial charge in [-0.2, -0.15) is 4.98 Å². The predicted molar refractivity (Wildman–Crippen MR) is 64.6 cm³/mol. The van der Waals surface area contributed by atoms with Crippen molar-refractivity contribution in [3.63, 3.8) is 0 Å². The minimum absolute atomic E-state index is 0.0746. The largest absolute Gasteiger partial charge is 0.507 e. The number of aromatic hydroxyl groups is 1. The summed E-state index contributed by atoms with van der Waals surface area (Å²) < 4.78 is 18.6. The van der Waals surface area contributed by atoms with E-state index in [0.29, 0.717) is 5.56 Å². The van der Waals surface area contributed by atoms with Gasteiger partial charge in [-0.05, 0) is 24.3 Å². The second kappa shape index (κ2) is 4.49. The highest BCUT2D eigenvalue weighted by Gasteiger charge is 2.18. The molecule has 6 heteroatoms. The summed E-state index contributed by atoms with van der Waals surface area (Å²) in [5, 5.41) is 13.4. The molecule has 0 aliphatic carbocycles. The van der Waals surface area contributed by atoms with Crippen LogP contribution in [0.2, 0.25) is 0 Å². The molecule has 1 aromatic carbocycles. The molecule has 19 heavy (non-hydrogen) atoms. The molecule has 0 spiro atoms. The summed E-state index contributed by atoms with van der Waals surface area (Å²) in [6.07, 6.45) is 3.18. The van der Waals surface area contributed by atoms with Crippen molar-refractivity contribution < 1.29 is 14.0 Å². The molecule has 2 heterocycles. The van der Waals surface area contributed by atoms with Crippen LogP contribution in [0.25, 0.3) is 22.8 Å². The lowest BCUT2D eigenvalue weighted by molar-refractivity contribution is 0.421. The Morgan fingerprint density at radius 2 is 2.05 bits per heavy atom. The zero-order valence-electron chi connectivity index (χ0n) is 9.62. The van der Waals surface area contributed by atoms with E-state index < -0.39 is 5.82 Å². The summed E-state index contributed by atoms with van der Waals surface area (Å²) in [4.78, 5) is 7.99. The average Bonchev–Trinajstić information content (AvgIpc) is 2.89. The van der Waals surface area contributed by atoms with Crippen molar-refractivity contribution in [3.8, 4) is 28.6 Å². The number of hydrogen-bond donors (Lipinski definition) is 1. The molecule has 0 atom stereocenters. The number of phenolic OH excluding ortho intramolecular Hbond substituents is 1. The van der Waals surface area contributed by atoms with Gasteiger partial charge in [0.2, 0.25) is 5.82 Å². The van der Waals surface area contributed by atoms with Crippen LogP contribution in [-0.4, -0.2) is 20.2 Å². The molecule has 1 N–H and O–H groups in total. The van der Waals surface area contributed by atoms with Crippen molar-refractivity contribution in [3.05, 3.63) is 48.5 Å². The highest BCUT2D eigenvalue weighted by Crippen LogP contribution is 2.31. The molecular formula is C13H8FN3O2. The maximum absolute atomic E-state index is 13.6. The summed E-state index contributed by atoms with van der Waals surface area (Å²) >= 11 is 0. The van der Waals surface area contributed by atoms with Crippen LogP contribution < -0.4 is 0 Å². The van der Waals surface area contributed by atoms with Crippen molar-refractivity contribution in [2.24, 2.45) is 0 Å². The fourth-order valence-electron chi connectivity index (χ4n) is 1.66. The van der Waals surface area contributed by atoms with Crippen LogP contribution in [0.5, 0.6) is 5.75 Å². The van der Waals surface area contributed by atoms with Crippen LogP contribution in [0.15, 0.2) is 47.2 Å². The number of nitrogens with zero attached hydrogens (tertiary/aromatic N) is 3. The minimum atomic E-state index is -0.624. The highest BCUT2D eigenvalue weighted by atomic mass is 19.1. The lowest BCUT2D eigenvalue weighted by Gasteiger charge is -1.99. The average molecular weight is 257 g/mol. The van der Waals surface area contributed by atoms with Crippen LogP contribution in [-0.2, 0) is 0 Å². The molecule has 2 aromatic heterocycles. The molecule has 3 rings (SSSR count). The fourth-order valence-corrected chi connectivity index (χ4v) is 1.66. The molecular weight excluding hydrogens is 249 g/mol. The van der Waals surface area contributed by atoms with Crippen LogP contribution in [0.1, 0.15) is 0 Å². The summed E-state index contributed by atoms with van der Waals surface area (Å²) in [6, 6.07) is 7.44. The van der Waals surface area contributed by atoms with E-state index in [-0.39, 0.29) is 23.0 Å². The lowest BCUT2D eigenvalue weighted by atomic mass is 10.2. The third kappa shape index (κ3) is 2.03. The zero-order valence-corrected chi connectivity index (χ0v) is 9.62. The maximum atomic E-state index is 13.6. The van der Waals surface area contributed by atoms with Gasteiger partial charge in [0.15, 0.2) is 0 Å². The first-order valence-corrected chi connectivity index (χ1v) is 5.47. The van der Waals surface area contributed by atoms with Crippen molar-refractivity contribution >= 4 is 0 Å². The Hall–Kier alpha value is -2.76. The van der Waals surface area contributed by atoms with E-state index >= 15 is 0 Å². The summed E-state index contributed by atoms with van der Waals surface area (Å²) in [6.45, 7) is 0. The zero-order chi connectivity index (χ0) is 13.2. The summed E-state index contributed by atoms with van der Waals surface area (Å²) in [5.74, 6) is -0.664. The Kier molecular flexibility index (Phi) is 2.68. The first kappa shape index (κ1) is 11.3. The molecule has 0 amide bonds. The molecule has 5 nitrogen and oxygen atoms in total. The van der Waals surface area contributed by atoms with Gasteiger partial charge in [-0.15, -0.1) is 0 Å². The molecule has 0 saturated carbocycles. The first-order valence-electron chi connectivity index (χ1n) is 5.47. The molecule has 3 aromatic rings. The standard InChI is InChI=1S/C13H8FN3O2/c14-9-4-1-5-10(18)11(9)13-16-12(17-19-13)8-3-2-6-15-7-8/h1-7,18H. The molecule has 0 aliphatic heterocycles. The molecule has 0 saturated heterocycles. The third-order valence-corrected chi connectivity index (χ3v) is 2.55. The van der Waals surface area contributed by atoms with Crippen molar-refractivity contribution in [1.29, 1.82) is 0 Å². The summed E-state index contributed by atoms with van der Waals surface area (Å²) in [5.41, 5.74) is 0.540. The van der Waals surface area contributed by atoms with E-state index in [1.165, 1.54) is 18.2 Å². The predicted octanol–water partition coefficient (Wildman–Crippen LogP) is 2.64. The Balaban J connectivity index is 2.07. The molecule has 94 valence electrons. The SMILES string of the molecule is Oc1cccc(F)c1-c1nc(-c2cccnc2)no1. The molecule has 0 bridgehead atoms. The third-order valence-electron chi connectivity index (χ3n) is 2.55. The van der Waals surface area contributed by atoms with E-state index in [1.807, 2.05) is 0 Å². The number of hydrogen-bond acceptors (Lipinski definition) is 5. The first-order chi connectivity index (χ1) is 9.25. The lowest BCUT2D eigenvalue weighted by Crippen LogP contribution is -1.86. The van der Waals surface area contributed by atoms with E-state index in [2.05, 4.69) is 15.1 Å². The van der Waals surface area contributed by atoms with Gasteiger partial charge in [0.25, 0.3) is 5.89 Å². The normalized spacial score (nSPS) is 10.6. The Labute approximate surface area is 107 Å². The number of phenols is 1. The molecule has 0 fully saturated rings. The van der Waals surface area contributed by atoms with Gasteiger partial charge in [-0.25, -0.2) is 4.39 Å². The van der Waals surface area contributed by atoms with Crippen molar-refractivity contribution in [2.75, 3.05) is 0 Å². The van der Waals surface area contributed by atoms with Gasteiger partial charge in [-0.1, -0.05) is 11.2 Å². The monoisotopic (exact) mass is 257 g/mol. The number of halogens is 1. The number of rotatable bonds is 2. The Morgan fingerprint density at radius 3 is 2.79 bits per heavy atom. The van der Waals surface area contributed by atoms with Gasteiger partial charge < -0.3 is 9.63 Å².